The molecule has 0 saturated carbocycles. The van der Waals surface area contributed by atoms with E-state index in [0.29, 0.717) is 6.04 Å². The van der Waals surface area contributed by atoms with Crippen LogP contribution in [0, 0.1) is 6.92 Å². The fraction of sp³-hybridized carbons (Fsp3) is 0.370. The molecule has 32 heavy (non-hydrogen) atoms. The average Bonchev–Trinajstić information content (AvgIpc) is 2.84. The Balaban J connectivity index is 1.39. The molecular formula is C27H33N3O2. The Bertz CT molecular complexity index is 1020. The number of hydrogen-bond donors (Lipinski definition) is 1. The van der Waals surface area contributed by atoms with Crippen LogP contribution < -0.4 is 19.7 Å². The quantitative estimate of drug-likeness (QED) is 0.579. The van der Waals surface area contributed by atoms with Gasteiger partial charge >= 0.3 is 0 Å². The zero-order valence-corrected chi connectivity index (χ0v) is 19.3. The van der Waals surface area contributed by atoms with Crippen molar-refractivity contribution in [3.63, 3.8) is 0 Å². The first-order valence-electron chi connectivity index (χ1n) is 11.3. The predicted molar refractivity (Wildman–Crippen MR) is 130 cm³/mol. The van der Waals surface area contributed by atoms with Gasteiger partial charge in [0.1, 0.15) is 17.3 Å². The fourth-order valence-corrected chi connectivity index (χ4v) is 4.33. The molecule has 1 aliphatic heterocycles. The van der Waals surface area contributed by atoms with Gasteiger partial charge in [0.2, 0.25) is 0 Å². The summed E-state index contributed by atoms with van der Waals surface area (Å²) in [7, 11) is 3.47. The van der Waals surface area contributed by atoms with Crippen LogP contribution in [0.4, 0.5) is 5.82 Å². The summed E-state index contributed by atoms with van der Waals surface area (Å²) in [4.78, 5) is 6.98. The summed E-state index contributed by atoms with van der Waals surface area (Å²) in [6.07, 6.45) is 4.80. The highest BCUT2D eigenvalue weighted by molar-refractivity contribution is 5.42. The number of rotatable bonds is 8. The Morgan fingerprint density at radius 3 is 2.69 bits per heavy atom. The minimum Gasteiger partial charge on any atom is -0.497 e. The molecular weight excluding hydrogens is 398 g/mol. The van der Waals surface area contributed by atoms with Crippen LogP contribution in [0.1, 0.15) is 22.3 Å². The lowest BCUT2D eigenvalue weighted by molar-refractivity contribution is 0.407. The Kier molecular flexibility index (Phi) is 7.28. The van der Waals surface area contributed by atoms with Gasteiger partial charge in [-0.25, -0.2) is 4.98 Å². The maximum Gasteiger partial charge on any atom is 0.128 e. The van der Waals surface area contributed by atoms with E-state index < -0.39 is 0 Å². The number of aromatic nitrogens is 1. The topological polar surface area (TPSA) is 46.6 Å². The first kappa shape index (κ1) is 22.2. The van der Waals surface area contributed by atoms with Crippen molar-refractivity contribution < 1.29 is 9.47 Å². The van der Waals surface area contributed by atoms with Crippen LogP contribution in [0.25, 0.3) is 0 Å². The van der Waals surface area contributed by atoms with E-state index in [4.69, 9.17) is 9.47 Å². The van der Waals surface area contributed by atoms with E-state index in [2.05, 4.69) is 64.6 Å². The number of anilines is 1. The highest BCUT2D eigenvalue weighted by atomic mass is 16.5. The van der Waals surface area contributed by atoms with Crippen LogP contribution in [0.2, 0.25) is 0 Å². The lowest BCUT2D eigenvalue weighted by Crippen LogP contribution is -2.51. The molecule has 3 aromatic rings. The standard InChI is InChI=1S/C27H33N3O2/c1-20-7-12-27(29-18-20)30-14-13-28-24(19-30)15-22-9-11-23(26(17-22)32-3)10-8-21-5-4-6-25(16-21)31-2/h4-7,9,11-12,16-18,24,28H,8,10,13-15,19H2,1-3H3. The second-order valence-corrected chi connectivity index (χ2v) is 8.49. The molecule has 2 aromatic carbocycles. The van der Waals surface area contributed by atoms with Gasteiger partial charge in [0, 0.05) is 31.9 Å². The molecule has 5 nitrogen and oxygen atoms in total. The number of aryl methyl sites for hydroxylation is 3. The third-order valence-corrected chi connectivity index (χ3v) is 6.13. The monoisotopic (exact) mass is 431 g/mol. The van der Waals surface area contributed by atoms with Crippen LogP contribution in [0.5, 0.6) is 11.5 Å². The first-order valence-corrected chi connectivity index (χ1v) is 11.3. The molecule has 0 radical (unpaired) electrons. The van der Waals surface area contributed by atoms with E-state index in [1.807, 2.05) is 18.3 Å². The summed E-state index contributed by atoms with van der Waals surface area (Å²) in [5.74, 6) is 2.94. The number of nitrogens with zero attached hydrogens (tertiary/aromatic N) is 2. The largest absolute Gasteiger partial charge is 0.497 e. The number of pyridine rings is 1. The smallest absolute Gasteiger partial charge is 0.128 e. The normalized spacial score (nSPS) is 16.1. The van der Waals surface area contributed by atoms with Gasteiger partial charge in [0.25, 0.3) is 0 Å². The average molecular weight is 432 g/mol. The van der Waals surface area contributed by atoms with Gasteiger partial charge in [0.05, 0.1) is 14.2 Å². The van der Waals surface area contributed by atoms with E-state index in [1.165, 1.54) is 22.3 Å². The second kappa shape index (κ2) is 10.5. The van der Waals surface area contributed by atoms with E-state index in [1.54, 1.807) is 14.2 Å². The molecule has 1 N–H and O–H groups in total. The van der Waals surface area contributed by atoms with E-state index in [-0.39, 0.29) is 0 Å². The molecule has 1 atom stereocenters. The summed E-state index contributed by atoms with van der Waals surface area (Å²) < 4.78 is 11.1. The van der Waals surface area contributed by atoms with Gasteiger partial charge in [-0.05, 0) is 72.7 Å². The molecule has 0 amide bonds. The van der Waals surface area contributed by atoms with E-state index in [0.717, 1.165) is 56.2 Å². The second-order valence-electron chi connectivity index (χ2n) is 8.49. The molecule has 1 fully saturated rings. The van der Waals surface area contributed by atoms with Crippen molar-refractivity contribution in [2.45, 2.75) is 32.2 Å². The van der Waals surface area contributed by atoms with Crippen molar-refractivity contribution in [2.24, 2.45) is 0 Å². The summed E-state index contributed by atoms with van der Waals surface area (Å²) in [6, 6.07) is 19.6. The van der Waals surface area contributed by atoms with Gasteiger partial charge in [-0.2, -0.15) is 0 Å². The highest BCUT2D eigenvalue weighted by Crippen LogP contribution is 2.24. The van der Waals surface area contributed by atoms with Gasteiger partial charge in [-0.15, -0.1) is 0 Å². The Morgan fingerprint density at radius 2 is 1.91 bits per heavy atom. The van der Waals surface area contributed by atoms with Crippen molar-refractivity contribution in [3.05, 3.63) is 83.0 Å². The molecule has 2 heterocycles. The minimum absolute atomic E-state index is 0.388. The van der Waals surface area contributed by atoms with Crippen molar-refractivity contribution in [3.8, 4) is 11.5 Å². The summed E-state index contributed by atoms with van der Waals surface area (Å²) in [5, 5.41) is 3.67. The third-order valence-electron chi connectivity index (χ3n) is 6.13. The fourth-order valence-electron chi connectivity index (χ4n) is 4.33. The summed E-state index contributed by atoms with van der Waals surface area (Å²) in [5.41, 5.74) is 5.00. The lowest BCUT2D eigenvalue weighted by Gasteiger charge is -2.34. The number of methoxy groups -OCH3 is 2. The molecule has 0 aliphatic carbocycles. The minimum atomic E-state index is 0.388. The van der Waals surface area contributed by atoms with Crippen molar-refractivity contribution in [1.29, 1.82) is 0 Å². The molecule has 1 aliphatic rings. The number of piperazine rings is 1. The zero-order chi connectivity index (χ0) is 22.3. The number of hydrogen-bond acceptors (Lipinski definition) is 5. The Morgan fingerprint density at radius 1 is 1.00 bits per heavy atom. The number of nitrogens with one attached hydrogen (secondary N) is 1. The SMILES string of the molecule is COc1cccc(CCc2ccc(CC3CN(c4ccc(C)cn4)CCN3)cc2OC)c1. The Labute approximate surface area is 191 Å². The first-order chi connectivity index (χ1) is 15.6. The molecule has 1 aromatic heterocycles. The van der Waals surface area contributed by atoms with Gasteiger partial charge < -0.3 is 19.7 Å². The van der Waals surface area contributed by atoms with Gasteiger partial charge in [-0.1, -0.05) is 30.3 Å². The number of benzene rings is 2. The van der Waals surface area contributed by atoms with Crippen molar-refractivity contribution in [2.75, 3.05) is 38.8 Å². The maximum atomic E-state index is 5.74. The summed E-state index contributed by atoms with van der Waals surface area (Å²) >= 11 is 0. The van der Waals surface area contributed by atoms with Gasteiger partial charge in [0.15, 0.2) is 0 Å². The van der Waals surface area contributed by atoms with Crippen LogP contribution in [0.3, 0.4) is 0 Å². The van der Waals surface area contributed by atoms with Crippen molar-refractivity contribution in [1.82, 2.24) is 10.3 Å². The lowest BCUT2D eigenvalue weighted by atomic mass is 9.98. The highest BCUT2D eigenvalue weighted by Gasteiger charge is 2.21. The zero-order valence-electron chi connectivity index (χ0n) is 19.3. The van der Waals surface area contributed by atoms with Crippen LogP contribution in [0.15, 0.2) is 60.8 Å². The number of ether oxygens (including phenoxy) is 2. The third kappa shape index (κ3) is 5.60. The molecule has 1 saturated heterocycles. The van der Waals surface area contributed by atoms with Crippen molar-refractivity contribution >= 4 is 5.82 Å². The molecule has 4 rings (SSSR count). The molecule has 1 unspecified atom stereocenters. The maximum absolute atomic E-state index is 5.74. The van der Waals surface area contributed by atoms with Crippen LogP contribution in [-0.2, 0) is 19.3 Å². The molecule has 0 bridgehead atoms. The van der Waals surface area contributed by atoms with Crippen LogP contribution >= 0.6 is 0 Å². The Hall–Kier alpha value is -3.05. The predicted octanol–water partition coefficient (Wildman–Crippen LogP) is 4.21. The van der Waals surface area contributed by atoms with E-state index in [9.17, 15) is 0 Å². The summed E-state index contributed by atoms with van der Waals surface area (Å²) in [6.45, 7) is 4.98. The molecule has 5 heteroatoms. The molecule has 0 spiro atoms. The van der Waals surface area contributed by atoms with Crippen LogP contribution in [-0.4, -0.2) is 44.9 Å². The van der Waals surface area contributed by atoms with E-state index >= 15 is 0 Å². The molecule has 168 valence electrons. The van der Waals surface area contributed by atoms with Gasteiger partial charge in [-0.3, -0.25) is 0 Å².